The van der Waals surface area contributed by atoms with E-state index in [1.807, 2.05) is 5.16 Å². The van der Waals surface area contributed by atoms with Crippen LogP contribution in [0.1, 0.15) is 27.7 Å². The molecule has 0 amide bonds. The van der Waals surface area contributed by atoms with Crippen molar-refractivity contribution in [1.82, 2.24) is 0 Å². The number of hydrogen-bond donors (Lipinski definition) is 1. The molecular formula is C11H20NO6PS2. The zero-order valence-electron chi connectivity index (χ0n) is 12.3. The van der Waals surface area contributed by atoms with E-state index < -0.39 is 25.0 Å². The third kappa shape index (κ3) is 10.0. The number of thiocarbonyl (C=S) groups is 1. The van der Waals surface area contributed by atoms with Crippen LogP contribution in [0, 0.1) is 0 Å². The zero-order chi connectivity index (χ0) is 16.5. The number of aliphatic imine (C=N–C) groups is 1. The number of rotatable bonds is 9. The first kappa shape index (κ1) is 20.6. The third-order valence-corrected chi connectivity index (χ3v) is 4.09. The number of carbonyl (C=O) groups excluding carboxylic acids is 1. The number of ether oxygens (including phenoxy) is 3. The van der Waals surface area contributed by atoms with Gasteiger partial charge in [-0.25, -0.2) is 4.79 Å². The Morgan fingerprint density at radius 1 is 1.43 bits per heavy atom. The highest BCUT2D eigenvalue weighted by Gasteiger charge is 2.31. The minimum atomic E-state index is -2.44. The van der Waals surface area contributed by atoms with Gasteiger partial charge in [0, 0.05) is 0 Å². The van der Waals surface area contributed by atoms with E-state index in [0.29, 0.717) is 0 Å². The van der Waals surface area contributed by atoms with E-state index in [1.165, 1.54) is 0 Å². The average molecular weight is 357 g/mol. The molecule has 0 aliphatic carbocycles. The summed E-state index contributed by atoms with van der Waals surface area (Å²) in [4.78, 5) is 14.5. The molecule has 7 nitrogen and oxygen atoms in total. The maximum atomic E-state index is 12.0. The van der Waals surface area contributed by atoms with Gasteiger partial charge in [0.25, 0.3) is 0 Å². The second-order valence-electron chi connectivity index (χ2n) is 4.62. The van der Waals surface area contributed by atoms with Crippen LogP contribution in [0.2, 0.25) is 0 Å². The van der Waals surface area contributed by atoms with Crippen LogP contribution in [-0.2, 0) is 23.3 Å². The molecule has 2 atom stereocenters. The van der Waals surface area contributed by atoms with E-state index >= 15 is 0 Å². The normalized spacial score (nSPS) is 14.2. The molecule has 0 saturated carbocycles. The molecule has 0 heterocycles. The van der Waals surface area contributed by atoms with Crippen molar-refractivity contribution in [2.45, 2.75) is 44.6 Å². The van der Waals surface area contributed by atoms with Gasteiger partial charge in [0.15, 0.2) is 6.73 Å². The zero-order valence-corrected chi connectivity index (χ0v) is 15.0. The first-order valence-electron chi connectivity index (χ1n) is 6.09. The summed E-state index contributed by atoms with van der Waals surface area (Å²) in [6.07, 6.45) is -1.11. The lowest BCUT2D eigenvalue weighted by Crippen LogP contribution is -2.29. The van der Waals surface area contributed by atoms with E-state index in [2.05, 4.69) is 34.6 Å². The lowest BCUT2D eigenvalue weighted by molar-refractivity contribution is -0.0234. The van der Waals surface area contributed by atoms with Crippen LogP contribution in [0.25, 0.3) is 0 Å². The van der Waals surface area contributed by atoms with Crippen LogP contribution in [0.4, 0.5) is 4.79 Å². The Bertz CT molecular complexity index is 412. The lowest BCUT2D eigenvalue weighted by Gasteiger charge is -2.28. The first-order valence-corrected chi connectivity index (χ1v) is 8.33. The number of isothiocyanates is 1. The quantitative estimate of drug-likeness (QED) is 0.169. The minimum absolute atomic E-state index is 0.175. The predicted octanol–water partition coefficient (Wildman–Crippen LogP) is 3.11. The molecule has 122 valence electrons. The molecule has 10 heteroatoms. The van der Waals surface area contributed by atoms with Gasteiger partial charge >= 0.3 is 6.16 Å². The highest BCUT2D eigenvalue weighted by atomic mass is 32.1. The molecule has 0 aromatic rings. The molecule has 0 aromatic carbocycles. The van der Waals surface area contributed by atoms with E-state index in [0.717, 1.165) is 0 Å². The molecule has 0 N–H and O–H groups in total. The Balaban J connectivity index is 4.17. The summed E-state index contributed by atoms with van der Waals surface area (Å²) < 4.78 is 31.9. The predicted molar refractivity (Wildman–Crippen MR) is 85.5 cm³/mol. The second-order valence-corrected chi connectivity index (χ2v) is 7.39. The number of thiol groups is 1. The van der Waals surface area contributed by atoms with E-state index in [9.17, 15) is 9.36 Å². The molecule has 0 spiro atoms. The van der Waals surface area contributed by atoms with Gasteiger partial charge in [0.2, 0.25) is 8.03 Å². The molecule has 0 radical (unpaired) electrons. The third-order valence-electron chi connectivity index (χ3n) is 1.92. The van der Waals surface area contributed by atoms with Crippen LogP contribution < -0.4 is 0 Å². The summed E-state index contributed by atoms with van der Waals surface area (Å²) in [5.41, 5.74) is -0.772. The fourth-order valence-electron chi connectivity index (χ4n) is 1.07. The molecule has 21 heavy (non-hydrogen) atoms. The summed E-state index contributed by atoms with van der Waals surface area (Å²) >= 11 is 8.41. The summed E-state index contributed by atoms with van der Waals surface area (Å²) in [6, 6.07) is 0. The highest BCUT2D eigenvalue weighted by Crippen LogP contribution is 2.42. The lowest BCUT2D eigenvalue weighted by atomic mass is 10.4. The fraction of sp³-hybridized carbons (Fsp3) is 0.818. The summed E-state index contributed by atoms with van der Waals surface area (Å²) in [5, 5.41) is 1.01. The molecule has 0 aliphatic rings. The van der Waals surface area contributed by atoms with Crippen LogP contribution in [-0.4, -0.2) is 41.5 Å². The van der Waals surface area contributed by atoms with Crippen molar-refractivity contribution in [2.24, 2.45) is 4.99 Å². The minimum Gasteiger partial charge on any atom is -0.431 e. The summed E-state index contributed by atoms with van der Waals surface area (Å²) in [6.45, 7) is 6.35. The Labute approximate surface area is 135 Å². The fourth-order valence-corrected chi connectivity index (χ4v) is 2.51. The van der Waals surface area contributed by atoms with Gasteiger partial charge in [-0.15, -0.1) is 12.6 Å². The van der Waals surface area contributed by atoms with Crippen molar-refractivity contribution >= 4 is 44.2 Å². The van der Waals surface area contributed by atoms with Crippen LogP contribution >= 0.6 is 32.9 Å². The van der Waals surface area contributed by atoms with E-state index in [4.69, 9.17) is 14.0 Å². The van der Waals surface area contributed by atoms with Crippen molar-refractivity contribution in [3.8, 4) is 0 Å². The SMILES string of the molecule is CC(C)O[PH](=O)C(C)(C)O[C@H](S)COC(=O)OCN=C=S. The molecule has 0 aromatic heterocycles. The van der Waals surface area contributed by atoms with Crippen molar-refractivity contribution in [3.63, 3.8) is 0 Å². The molecule has 0 fully saturated rings. The summed E-state index contributed by atoms with van der Waals surface area (Å²) in [7, 11) is -2.44. The van der Waals surface area contributed by atoms with Gasteiger partial charge < -0.3 is 18.7 Å². The topological polar surface area (TPSA) is 83.4 Å². The van der Waals surface area contributed by atoms with Gasteiger partial charge in [-0.3, -0.25) is 4.57 Å². The van der Waals surface area contributed by atoms with Gasteiger partial charge in [0.05, 0.1) is 11.3 Å². The van der Waals surface area contributed by atoms with Crippen LogP contribution in [0.5, 0.6) is 0 Å². The molecule has 1 unspecified atom stereocenters. The number of carbonyl (C=O) groups is 1. The van der Waals surface area contributed by atoms with E-state index in [1.54, 1.807) is 27.7 Å². The Morgan fingerprint density at radius 3 is 2.57 bits per heavy atom. The molecule has 0 bridgehead atoms. The molecule has 0 rings (SSSR count). The monoisotopic (exact) mass is 357 g/mol. The molecule has 0 saturated heterocycles. The Hall–Kier alpha value is -0.430. The van der Waals surface area contributed by atoms with Crippen molar-refractivity contribution in [2.75, 3.05) is 13.3 Å². The van der Waals surface area contributed by atoms with Crippen LogP contribution in [0.3, 0.4) is 0 Å². The Morgan fingerprint density at radius 2 is 2.05 bits per heavy atom. The largest absolute Gasteiger partial charge is 0.510 e. The number of nitrogens with zero attached hydrogens (tertiary/aromatic N) is 1. The number of hydrogen-bond acceptors (Lipinski definition) is 9. The maximum Gasteiger partial charge on any atom is 0.510 e. The van der Waals surface area contributed by atoms with Crippen LogP contribution in [0.15, 0.2) is 4.99 Å². The Kier molecular flexibility index (Phi) is 10.1. The van der Waals surface area contributed by atoms with Gasteiger partial charge in [-0.1, -0.05) is 0 Å². The van der Waals surface area contributed by atoms with Gasteiger partial charge in [-0.05, 0) is 39.9 Å². The van der Waals surface area contributed by atoms with Crippen molar-refractivity contribution in [1.29, 1.82) is 0 Å². The molecular weight excluding hydrogens is 337 g/mol. The maximum absolute atomic E-state index is 12.0. The van der Waals surface area contributed by atoms with Crippen molar-refractivity contribution < 1.29 is 28.1 Å². The first-order chi connectivity index (χ1) is 9.69. The van der Waals surface area contributed by atoms with Gasteiger partial charge in [-0.2, -0.15) is 4.99 Å². The van der Waals surface area contributed by atoms with E-state index in [-0.39, 0.29) is 19.4 Å². The molecule has 0 aliphatic heterocycles. The standard InChI is InChI=1S/C11H20NO6PS2/c1-8(2)18-19(14)11(3,4)17-9(21)5-15-10(13)16-6-12-7-20/h8-9,19,21H,5-6H2,1-4H3/t9-/m1/s1. The summed E-state index contributed by atoms with van der Waals surface area (Å²) in [5.74, 6) is 0. The van der Waals surface area contributed by atoms with Crippen molar-refractivity contribution in [3.05, 3.63) is 0 Å². The van der Waals surface area contributed by atoms with Gasteiger partial charge in [0.1, 0.15) is 17.4 Å². The average Bonchev–Trinajstić information content (AvgIpc) is 2.35. The smallest absolute Gasteiger partial charge is 0.431 e. The highest BCUT2D eigenvalue weighted by molar-refractivity contribution is 7.80. The second kappa shape index (κ2) is 10.3.